The number of benzene rings is 2. The van der Waals surface area contributed by atoms with Gasteiger partial charge in [-0.05, 0) is 150 Å². The van der Waals surface area contributed by atoms with Gasteiger partial charge in [-0.3, -0.25) is 9.59 Å². The van der Waals surface area contributed by atoms with Crippen molar-refractivity contribution < 1.29 is 19.1 Å². The van der Waals surface area contributed by atoms with Gasteiger partial charge in [0.2, 0.25) is 0 Å². The Bertz CT molecular complexity index is 4880. The van der Waals surface area contributed by atoms with Gasteiger partial charge in [0.05, 0.1) is 56.4 Å². The van der Waals surface area contributed by atoms with Gasteiger partial charge in [-0.15, -0.1) is 113 Å². The first-order valence-electron chi connectivity index (χ1n) is 43.3. The molecule has 4 nitrogen and oxygen atoms in total. The molecule has 0 aliphatic heterocycles. The fourth-order valence-corrected chi connectivity index (χ4v) is 29.6. The number of hydrogen-bond donors (Lipinski definition) is 0. The summed E-state index contributed by atoms with van der Waals surface area (Å²) in [5.41, 5.74) is 2.72. The second kappa shape index (κ2) is 41.2. The lowest BCUT2D eigenvalue weighted by molar-refractivity contribution is 0.0905. The van der Waals surface area contributed by atoms with Crippen LogP contribution in [0.15, 0.2) is 60.7 Å². The Hall–Kier alpha value is -4.06. The number of carbonyl (C=O) groups excluding carboxylic acids is 2. The SMILES string of the molecule is CCCCCCCCC(CCCC)Cc1ccc(-c2c3cc(-c4sc(C)c5cc(C(=O)C(CC)CCCC)sc45)sc3c(-c3ccc(CC(CC)CCCC)s3)c3cc(-c4sc(-c5cc6c(OCC(CC)CCCC)c7sc(C)cc7c(OCC(CC)CCCC)c6s5)c5cc(C(=O)C(CC)CCCC)sc45)sc23)s1. The molecule has 0 N–H and O–H groups in total. The molecule has 0 aliphatic carbocycles. The average molecular weight is 1660 g/mol. The zero-order valence-electron chi connectivity index (χ0n) is 69.0. The maximum absolute atomic E-state index is 15.3. The van der Waals surface area contributed by atoms with E-state index in [0.29, 0.717) is 48.5 Å². The van der Waals surface area contributed by atoms with Crippen LogP contribution in [0.5, 0.6) is 11.5 Å². The summed E-state index contributed by atoms with van der Waals surface area (Å²) in [5, 5.41) is 7.43. The second-order valence-corrected chi connectivity index (χ2v) is 43.2. The summed E-state index contributed by atoms with van der Waals surface area (Å²) in [6.07, 6.45) is 37.5. The van der Waals surface area contributed by atoms with Crippen LogP contribution in [-0.2, 0) is 12.8 Å². The van der Waals surface area contributed by atoms with Crippen molar-refractivity contribution in [2.45, 2.75) is 302 Å². The maximum Gasteiger partial charge on any atom is 0.175 e. The summed E-state index contributed by atoms with van der Waals surface area (Å²) in [5.74, 6) is 4.96. The zero-order valence-corrected chi connectivity index (χ0v) is 77.2. The van der Waals surface area contributed by atoms with Crippen molar-refractivity contribution in [1.29, 1.82) is 0 Å². The van der Waals surface area contributed by atoms with Crippen molar-refractivity contribution in [3.8, 4) is 61.6 Å². The number of rotatable bonds is 49. The van der Waals surface area contributed by atoms with Gasteiger partial charge >= 0.3 is 0 Å². The van der Waals surface area contributed by atoms with Gasteiger partial charge in [0.1, 0.15) is 11.5 Å². The number of thiophene rings is 10. The first kappa shape index (κ1) is 85.3. The summed E-state index contributed by atoms with van der Waals surface area (Å²) in [6, 6.07) is 24.6. The third-order valence-corrected chi connectivity index (χ3v) is 36.1. The van der Waals surface area contributed by atoms with Crippen molar-refractivity contribution in [2.75, 3.05) is 13.2 Å². The van der Waals surface area contributed by atoms with E-state index in [2.05, 4.69) is 169 Å². The lowest BCUT2D eigenvalue weighted by atomic mass is 9.91. The number of unbranched alkanes of at least 4 members (excludes halogenated alkanes) is 11. The van der Waals surface area contributed by atoms with Crippen LogP contribution in [-0.4, -0.2) is 24.8 Å². The predicted octanol–water partition coefficient (Wildman–Crippen LogP) is 36.0. The molecule has 0 saturated heterocycles. The van der Waals surface area contributed by atoms with Crippen LogP contribution in [0.2, 0.25) is 0 Å². The van der Waals surface area contributed by atoms with Gasteiger partial charge in [-0.25, -0.2) is 0 Å². The van der Waals surface area contributed by atoms with E-state index in [1.807, 2.05) is 79.4 Å². The van der Waals surface area contributed by atoms with Crippen LogP contribution in [0.1, 0.15) is 315 Å². The third-order valence-electron chi connectivity index (χ3n) is 23.9. The van der Waals surface area contributed by atoms with Crippen molar-refractivity contribution >= 4 is 185 Å². The average Bonchev–Trinajstić information content (AvgIpc) is 1.55. The monoisotopic (exact) mass is 1660 g/mol. The molecule has 594 valence electrons. The van der Waals surface area contributed by atoms with Crippen molar-refractivity contribution in [3.05, 3.63) is 89.9 Å². The lowest BCUT2D eigenvalue weighted by Gasteiger charge is -2.19. The predicted molar refractivity (Wildman–Crippen MR) is 501 cm³/mol. The van der Waals surface area contributed by atoms with Gasteiger partial charge in [0.15, 0.2) is 11.6 Å². The molecule has 0 aliphatic rings. The summed E-state index contributed by atoms with van der Waals surface area (Å²) in [4.78, 5) is 47.5. The summed E-state index contributed by atoms with van der Waals surface area (Å²) >= 11 is 19.2. The first-order chi connectivity index (χ1) is 53.7. The topological polar surface area (TPSA) is 52.6 Å². The number of ketones is 2. The highest BCUT2D eigenvalue weighted by Gasteiger charge is 2.33. The van der Waals surface area contributed by atoms with E-state index >= 15 is 4.79 Å². The smallest absolute Gasteiger partial charge is 0.175 e. The number of Topliss-reactive ketones (excluding diaryl/α,β-unsaturated/α-hetero) is 2. The minimum atomic E-state index is -0.0140. The van der Waals surface area contributed by atoms with Crippen molar-refractivity contribution in [3.63, 3.8) is 0 Å². The highest BCUT2D eigenvalue weighted by molar-refractivity contribution is 7.35. The van der Waals surface area contributed by atoms with Crippen LogP contribution in [0.25, 0.3) is 111 Å². The Labute approximate surface area is 700 Å². The van der Waals surface area contributed by atoms with E-state index in [1.165, 1.54) is 253 Å². The number of fused-ring (bicyclic) bond motifs is 6. The standard InChI is InChI=1S/C96H126O4S10/c1-15-27-34-35-36-37-42-64(41-31-19-5)51-68-46-48-76(104-68)82-70-53-80(95-93-69(60(14)102-95)52-77(105-93)84(97)65(25-11)43-32-20-6)107-89(70)83(75-47-45-67(103-75)50-61(22-8)38-28-16-2)71-54-81(108-90(71)82)96-94-74(56-78(106-94)85(98)66(26-12)44-33-21-7)88(110-96)79-55-73-87(100-58-63(24-10)40-30-18-4)91-72(49-59(13)101-91)86(92(73)109-79)99-57-62(23-9)39-29-17-3/h45-49,52-56,61-66H,15-44,50-51,57-58H2,1-14H3. The molecule has 12 rings (SSSR count). The van der Waals surface area contributed by atoms with Gasteiger partial charge in [-0.2, -0.15) is 0 Å². The fourth-order valence-electron chi connectivity index (χ4n) is 16.8. The Morgan fingerprint density at radius 3 is 1.25 bits per heavy atom. The Morgan fingerprint density at radius 1 is 0.318 bits per heavy atom. The first-order valence-corrected chi connectivity index (χ1v) is 51.5. The van der Waals surface area contributed by atoms with Gasteiger partial charge in [0.25, 0.3) is 0 Å². The third kappa shape index (κ3) is 19.5. The van der Waals surface area contributed by atoms with Crippen LogP contribution >= 0.6 is 113 Å². The summed E-state index contributed by atoms with van der Waals surface area (Å²) in [7, 11) is 0. The van der Waals surface area contributed by atoms with Crippen LogP contribution in [0, 0.1) is 49.4 Å². The van der Waals surface area contributed by atoms with Crippen molar-refractivity contribution in [2.24, 2.45) is 35.5 Å². The molecular formula is C96H126O4S10. The normalized spacial score (nSPS) is 13.9. The number of hydrogen-bond acceptors (Lipinski definition) is 14. The minimum absolute atomic E-state index is 0.0140. The van der Waals surface area contributed by atoms with Gasteiger partial charge < -0.3 is 9.47 Å². The fraction of sp³-hybridized carbons (Fsp3) is 0.562. The van der Waals surface area contributed by atoms with E-state index in [9.17, 15) is 4.79 Å². The molecular weight excluding hydrogens is 1540 g/mol. The van der Waals surface area contributed by atoms with E-state index in [1.54, 1.807) is 22.7 Å². The van der Waals surface area contributed by atoms with Crippen LogP contribution in [0.4, 0.5) is 0 Å². The molecule has 14 heteroatoms. The van der Waals surface area contributed by atoms with E-state index in [4.69, 9.17) is 9.47 Å². The highest BCUT2D eigenvalue weighted by atomic mass is 32.1. The van der Waals surface area contributed by atoms with E-state index in [-0.39, 0.29) is 11.8 Å². The van der Waals surface area contributed by atoms with E-state index in [0.717, 1.165) is 104 Å². The molecule has 0 fully saturated rings. The minimum Gasteiger partial charge on any atom is -0.491 e. The molecule has 12 aromatic rings. The van der Waals surface area contributed by atoms with Gasteiger partial charge in [-0.1, -0.05) is 237 Å². The quantitative estimate of drug-likeness (QED) is 0.0282. The molecule has 0 bridgehead atoms. The molecule has 10 heterocycles. The molecule has 0 saturated carbocycles. The van der Waals surface area contributed by atoms with Crippen molar-refractivity contribution in [1.82, 2.24) is 0 Å². The summed E-state index contributed by atoms with van der Waals surface area (Å²) < 4.78 is 22.2. The highest BCUT2D eigenvalue weighted by Crippen LogP contribution is 2.60. The molecule has 6 atom stereocenters. The van der Waals surface area contributed by atoms with Gasteiger partial charge in [0, 0.05) is 109 Å². The van der Waals surface area contributed by atoms with E-state index < -0.39 is 0 Å². The molecule has 0 amide bonds. The Kier molecular flexibility index (Phi) is 31.9. The second-order valence-electron chi connectivity index (χ2n) is 32.1. The molecule has 0 radical (unpaired) electrons. The van der Waals surface area contributed by atoms with Crippen LogP contribution < -0.4 is 9.47 Å². The largest absolute Gasteiger partial charge is 0.491 e. The molecule has 110 heavy (non-hydrogen) atoms. The molecule has 10 aromatic heterocycles. The number of aryl methyl sites for hydroxylation is 2. The Balaban J connectivity index is 1.10. The molecule has 6 unspecified atom stereocenters. The lowest BCUT2D eigenvalue weighted by Crippen LogP contribution is -2.12. The number of ether oxygens (including phenoxy) is 2. The number of carbonyl (C=O) groups is 2. The maximum atomic E-state index is 15.3. The van der Waals surface area contributed by atoms with Crippen LogP contribution in [0.3, 0.4) is 0 Å². The Morgan fingerprint density at radius 2 is 0.727 bits per heavy atom. The molecule has 2 aromatic carbocycles. The summed E-state index contributed by atoms with van der Waals surface area (Å²) in [6.45, 7) is 33.5. The zero-order chi connectivity index (χ0) is 77.5. The molecule has 0 spiro atoms.